The summed E-state index contributed by atoms with van der Waals surface area (Å²) in [5.74, 6) is -1.28. The van der Waals surface area contributed by atoms with Crippen LogP contribution in [0.15, 0.2) is 65.8 Å². The predicted molar refractivity (Wildman–Crippen MR) is 131 cm³/mol. The molecule has 2 aliphatic carbocycles. The molecule has 0 amide bonds. The van der Waals surface area contributed by atoms with E-state index in [2.05, 4.69) is 0 Å². The van der Waals surface area contributed by atoms with E-state index < -0.39 is 17.8 Å². The maximum atomic E-state index is 14.9. The van der Waals surface area contributed by atoms with Crippen LogP contribution >= 0.6 is 0 Å². The molecule has 0 radical (unpaired) electrons. The minimum Gasteiger partial charge on any atom is -0.494 e. The van der Waals surface area contributed by atoms with Gasteiger partial charge in [-0.05, 0) is 86.6 Å². The second-order valence-electron chi connectivity index (χ2n) is 9.48. The van der Waals surface area contributed by atoms with E-state index >= 15 is 0 Å². The van der Waals surface area contributed by atoms with Gasteiger partial charge in [0.15, 0.2) is 11.7 Å². The maximum Gasteiger partial charge on any atom is 0.165 e. The topological polar surface area (TPSA) is 38.7 Å². The molecule has 6 heteroatoms. The van der Waals surface area contributed by atoms with Gasteiger partial charge >= 0.3 is 0 Å². The lowest BCUT2D eigenvalue weighted by Crippen LogP contribution is -2.26. The Balaban J connectivity index is 1.34. The Hall–Kier alpha value is -2.57. The Morgan fingerprint density at radius 3 is 2.34 bits per heavy atom. The monoisotopic (exact) mass is 486 g/mol. The number of hydrogen-bond donors (Lipinski definition) is 1. The Bertz CT molecular complexity index is 1070. The Morgan fingerprint density at radius 2 is 1.71 bits per heavy atom. The van der Waals surface area contributed by atoms with E-state index in [-0.39, 0.29) is 30.4 Å². The van der Waals surface area contributed by atoms with Crippen LogP contribution in [0.1, 0.15) is 51.5 Å². The van der Waals surface area contributed by atoms with Crippen molar-refractivity contribution >= 4 is 0 Å². The molecule has 188 valence electrons. The quantitative estimate of drug-likeness (QED) is 0.421. The first-order valence-electron chi connectivity index (χ1n) is 12.4. The third-order valence-electron chi connectivity index (χ3n) is 7.16. The van der Waals surface area contributed by atoms with E-state index in [1.807, 2.05) is 6.92 Å². The maximum absolute atomic E-state index is 14.9. The summed E-state index contributed by atoms with van der Waals surface area (Å²) in [6.07, 6.45) is 3.92. The minimum atomic E-state index is -0.948. The lowest BCUT2D eigenvalue weighted by Gasteiger charge is -2.32. The highest BCUT2D eigenvalue weighted by Gasteiger charge is 2.33. The summed E-state index contributed by atoms with van der Waals surface area (Å²) in [5, 5.41) is 9.77. The van der Waals surface area contributed by atoms with Crippen LogP contribution in [0.4, 0.5) is 13.2 Å². The largest absolute Gasteiger partial charge is 0.494 e. The molecule has 1 N–H and O–H groups in total. The predicted octanol–water partition coefficient (Wildman–Crippen LogP) is 7.44. The number of benzene rings is 2. The average Bonchev–Trinajstić information content (AvgIpc) is 2.86. The number of hydrogen-bond acceptors (Lipinski definition) is 3. The van der Waals surface area contributed by atoms with Crippen LogP contribution in [0.3, 0.4) is 0 Å². The molecule has 0 aromatic heterocycles. The first-order valence-corrected chi connectivity index (χ1v) is 12.4. The summed E-state index contributed by atoms with van der Waals surface area (Å²) >= 11 is 0. The van der Waals surface area contributed by atoms with Gasteiger partial charge in [-0.15, -0.1) is 0 Å². The fraction of sp³-hybridized carbons (Fsp3) is 0.448. The van der Waals surface area contributed by atoms with Gasteiger partial charge in [0.1, 0.15) is 17.7 Å². The fourth-order valence-corrected chi connectivity index (χ4v) is 5.07. The first-order chi connectivity index (χ1) is 16.9. The molecule has 2 aromatic rings. The van der Waals surface area contributed by atoms with Crippen molar-refractivity contribution in [2.24, 2.45) is 11.8 Å². The summed E-state index contributed by atoms with van der Waals surface area (Å²) in [7, 11) is 0. The molecule has 1 fully saturated rings. The van der Waals surface area contributed by atoms with Crippen molar-refractivity contribution in [3.8, 4) is 16.9 Å². The van der Waals surface area contributed by atoms with E-state index in [1.54, 1.807) is 49.4 Å². The van der Waals surface area contributed by atoms with Crippen molar-refractivity contribution in [3.63, 3.8) is 0 Å². The van der Waals surface area contributed by atoms with Crippen LogP contribution < -0.4 is 4.74 Å². The zero-order valence-corrected chi connectivity index (χ0v) is 20.3. The molecule has 2 unspecified atom stereocenters. The molecular formula is C29H33F3O3. The number of allylic oxidation sites excluding steroid dienone is 2. The molecule has 2 aliphatic rings. The second kappa shape index (κ2) is 11.4. The Labute approximate surface area is 205 Å². The summed E-state index contributed by atoms with van der Waals surface area (Å²) in [5.41, 5.74) is 2.42. The molecule has 0 spiro atoms. The van der Waals surface area contributed by atoms with Gasteiger partial charge in [-0.3, -0.25) is 0 Å². The number of aliphatic hydroxyl groups excluding tert-OH is 1. The zero-order valence-electron chi connectivity index (χ0n) is 20.3. The second-order valence-corrected chi connectivity index (χ2v) is 9.48. The van der Waals surface area contributed by atoms with Gasteiger partial charge in [0, 0.05) is 11.6 Å². The van der Waals surface area contributed by atoms with Crippen molar-refractivity contribution in [2.45, 2.75) is 64.8 Å². The van der Waals surface area contributed by atoms with Crippen LogP contribution in [0.5, 0.6) is 5.75 Å². The lowest BCUT2D eigenvalue weighted by molar-refractivity contribution is 0.0471. The van der Waals surface area contributed by atoms with Gasteiger partial charge < -0.3 is 14.6 Å². The number of halogens is 3. The van der Waals surface area contributed by atoms with Crippen molar-refractivity contribution in [1.29, 1.82) is 0 Å². The molecule has 35 heavy (non-hydrogen) atoms. The number of rotatable bonds is 8. The van der Waals surface area contributed by atoms with Gasteiger partial charge in [0.2, 0.25) is 0 Å². The summed E-state index contributed by atoms with van der Waals surface area (Å²) in [6.45, 7) is 4.23. The van der Waals surface area contributed by atoms with Gasteiger partial charge in [0.05, 0.1) is 19.3 Å². The molecule has 0 bridgehead atoms. The highest BCUT2D eigenvalue weighted by atomic mass is 19.2. The van der Waals surface area contributed by atoms with Crippen LogP contribution in [0.25, 0.3) is 11.1 Å². The van der Waals surface area contributed by atoms with Crippen molar-refractivity contribution < 1.29 is 27.8 Å². The van der Waals surface area contributed by atoms with Gasteiger partial charge in [0.25, 0.3) is 0 Å². The van der Waals surface area contributed by atoms with Crippen LogP contribution in [0, 0.1) is 17.7 Å². The van der Waals surface area contributed by atoms with E-state index in [4.69, 9.17) is 9.47 Å². The van der Waals surface area contributed by atoms with Crippen LogP contribution in [-0.2, 0) is 11.3 Å². The number of ether oxygens (including phenoxy) is 2. The molecular weight excluding hydrogens is 453 g/mol. The Morgan fingerprint density at radius 1 is 1.00 bits per heavy atom. The molecule has 0 heterocycles. The van der Waals surface area contributed by atoms with E-state index in [1.165, 1.54) is 6.07 Å². The molecule has 2 atom stereocenters. The molecule has 3 nitrogen and oxygen atoms in total. The summed E-state index contributed by atoms with van der Waals surface area (Å²) in [4.78, 5) is 0. The normalized spacial score (nSPS) is 23.7. The summed E-state index contributed by atoms with van der Waals surface area (Å²) in [6, 6.07) is 11.9. The first kappa shape index (κ1) is 25.5. The SMILES string of the molecule is CCOc1ccc(-c2ccc(COC3CC=C(C4CCC(C(C)O)CC4)C(F)=C3F)cc2)c(F)c1. The highest BCUT2D eigenvalue weighted by molar-refractivity contribution is 5.65. The molecule has 2 aromatic carbocycles. The average molecular weight is 487 g/mol. The van der Waals surface area contributed by atoms with Crippen molar-refractivity contribution in [3.05, 3.63) is 77.1 Å². The Kier molecular flexibility index (Phi) is 8.34. The molecule has 0 saturated heterocycles. The van der Waals surface area contributed by atoms with Gasteiger partial charge in [-0.1, -0.05) is 30.3 Å². The standard InChI is InChI=1S/C29H33F3O3/c1-3-34-23-12-13-24(26(30)16-23)21-6-4-19(5-7-21)17-35-27-15-14-25(28(31)29(27)32)22-10-8-20(9-11-22)18(2)33/h4-7,12-14,16,18,20,22,27,33H,3,8-11,15,17H2,1-2H3. The van der Waals surface area contributed by atoms with Crippen LogP contribution in [0.2, 0.25) is 0 Å². The fourth-order valence-electron chi connectivity index (χ4n) is 5.07. The minimum absolute atomic E-state index is 0.00718. The third-order valence-corrected chi connectivity index (χ3v) is 7.16. The van der Waals surface area contributed by atoms with E-state index in [0.717, 1.165) is 31.2 Å². The highest BCUT2D eigenvalue weighted by Crippen LogP contribution is 2.41. The lowest BCUT2D eigenvalue weighted by atomic mass is 9.75. The van der Waals surface area contributed by atoms with Gasteiger partial charge in [-0.2, -0.15) is 0 Å². The molecule has 4 rings (SSSR count). The number of aliphatic hydroxyl groups is 1. The third kappa shape index (κ3) is 5.99. The van der Waals surface area contributed by atoms with E-state index in [0.29, 0.717) is 35.5 Å². The van der Waals surface area contributed by atoms with Gasteiger partial charge in [-0.25, -0.2) is 13.2 Å². The van der Waals surface area contributed by atoms with E-state index in [9.17, 15) is 18.3 Å². The molecule has 1 saturated carbocycles. The van der Waals surface area contributed by atoms with Crippen molar-refractivity contribution in [2.75, 3.05) is 6.61 Å². The van der Waals surface area contributed by atoms with Crippen LogP contribution in [-0.4, -0.2) is 23.9 Å². The molecule has 0 aliphatic heterocycles. The zero-order chi connectivity index (χ0) is 24.9. The smallest absolute Gasteiger partial charge is 0.165 e. The summed E-state index contributed by atoms with van der Waals surface area (Å²) < 4.78 is 55.2. The van der Waals surface area contributed by atoms with Crippen molar-refractivity contribution in [1.82, 2.24) is 0 Å².